The molecule has 0 saturated heterocycles. The van der Waals surface area contributed by atoms with E-state index in [9.17, 15) is 4.79 Å². The molecule has 0 radical (unpaired) electrons. The summed E-state index contributed by atoms with van der Waals surface area (Å²) in [6, 6.07) is 5.64. The molecular weight excluding hydrogens is 340 g/mol. The third-order valence-corrected chi connectivity index (χ3v) is 6.54. The fourth-order valence-corrected chi connectivity index (χ4v) is 4.61. The van der Waals surface area contributed by atoms with E-state index >= 15 is 0 Å². The van der Waals surface area contributed by atoms with E-state index in [-0.39, 0.29) is 5.56 Å². The van der Waals surface area contributed by atoms with Gasteiger partial charge in [-0.3, -0.25) is 4.79 Å². The highest BCUT2D eigenvalue weighted by atomic mass is 16.5. The van der Waals surface area contributed by atoms with Crippen LogP contribution in [0.25, 0.3) is 21.9 Å². The van der Waals surface area contributed by atoms with Crippen molar-refractivity contribution in [3.8, 4) is 5.75 Å². The summed E-state index contributed by atoms with van der Waals surface area (Å²) < 4.78 is 6.59. The first-order valence-corrected chi connectivity index (χ1v) is 9.30. The summed E-state index contributed by atoms with van der Waals surface area (Å²) in [6.07, 6.45) is 7.91. The van der Waals surface area contributed by atoms with Crippen LogP contribution in [-0.2, 0) is 0 Å². The molecule has 138 valence electrons. The number of aromatic amines is 1. The van der Waals surface area contributed by atoms with Crippen LogP contribution in [0, 0.1) is 17.3 Å². The van der Waals surface area contributed by atoms with Gasteiger partial charge >= 0.3 is 0 Å². The van der Waals surface area contributed by atoms with Gasteiger partial charge in [-0.15, -0.1) is 0 Å². The summed E-state index contributed by atoms with van der Waals surface area (Å²) >= 11 is 0. The number of aromatic nitrogens is 3. The average Bonchev–Trinajstić information content (AvgIpc) is 3.06. The number of fused-ring (bicyclic) bond motifs is 4. The summed E-state index contributed by atoms with van der Waals surface area (Å²) in [7, 11) is 1.62. The Bertz CT molecular complexity index is 1180. The quantitative estimate of drug-likeness (QED) is 0.722. The number of allylic oxidation sites excluding steroid dienone is 2. The number of benzene rings is 1. The van der Waals surface area contributed by atoms with Gasteiger partial charge in [0.05, 0.1) is 13.3 Å². The van der Waals surface area contributed by atoms with E-state index < -0.39 is 0 Å². The molecule has 1 fully saturated rings. The zero-order chi connectivity index (χ0) is 18.8. The number of nitrogens with zero attached hydrogens (tertiary/aromatic N) is 3. The smallest absolute Gasteiger partial charge is 0.298 e. The lowest BCUT2D eigenvalue weighted by molar-refractivity contribution is -0.00127. The molecule has 3 aliphatic rings. The highest BCUT2D eigenvalue weighted by Crippen LogP contribution is 2.58. The van der Waals surface area contributed by atoms with Crippen molar-refractivity contribution >= 4 is 28.2 Å². The second-order valence-corrected chi connectivity index (χ2v) is 8.15. The second kappa shape index (κ2) is 5.55. The Morgan fingerprint density at radius 1 is 1.41 bits per heavy atom. The first-order valence-electron chi connectivity index (χ1n) is 9.30. The SMILES string of the molecule is COc1ccc2[nH]c3c(=O)n(N=CC4=CCC5CC4C5(C)C)cnc3c2c1. The van der Waals surface area contributed by atoms with E-state index in [2.05, 4.69) is 35.0 Å². The van der Waals surface area contributed by atoms with Crippen LogP contribution in [0.1, 0.15) is 26.7 Å². The number of nitrogens with one attached hydrogen (secondary N) is 1. The molecule has 0 amide bonds. The molecule has 2 atom stereocenters. The lowest BCUT2D eigenvalue weighted by Gasteiger charge is -2.55. The first-order chi connectivity index (χ1) is 13.0. The summed E-state index contributed by atoms with van der Waals surface area (Å²) in [5.41, 5.74) is 3.32. The molecule has 6 heteroatoms. The van der Waals surface area contributed by atoms with E-state index in [0.717, 1.165) is 29.0 Å². The van der Waals surface area contributed by atoms with Crippen molar-refractivity contribution < 1.29 is 4.74 Å². The van der Waals surface area contributed by atoms with Gasteiger partial charge in [-0.1, -0.05) is 19.9 Å². The summed E-state index contributed by atoms with van der Waals surface area (Å²) in [5, 5.41) is 5.30. The molecule has 1 aromatic carbocycles. The monoisotopic (exact) mass is 362 g/mol. The van der Waals surface area contributed by atoms with Gasteiger partial charge in [0.2, 0.25) is 0 Å². The summed E-state index contributed by atoms with van der Waals surface area (Å²) in [6.45, 7) is 4.65. The van der Waals surface area contributed by atoms with Crippen LogP contribution < -0.4 is 10.3 Å². The number of H-pyrrole nitrogens is 1. The number of rotatable bonds is 3. The van der Waals surface area contributed by atoms with Gasteiger partial charge in [0.1, 0.15) is 23.1 Å². The molecule has 0 aliphatic heterocycles. The molecule has 2 unspecified atom stereocenters. The number of hydrogen-bond donors (Lipinski definition) is 1. The van der Waals surface area contributed by atoms with Crippen LogP contribution in [0.5, 0.6) is 5.75 Å². The van der Waals surface area contributed by atoms with Crippen LogP contribution in [0.3, 0.4) is 0 Å². The zero-order valence-electron chi connectivity index (χ0n) is 15.7. The van der Waals surface area contributed by atoms with Crippen molar-refractivity contribution in [1.29, 1.82) is 0 Å². The Labute approximate surface area is 156 Å². The van der Waals surface area contributed by atoms with Crippen LogP contribution in [0.4, 0.5) is 0 Å². The van der Waals surface area contributed by atoms with Crippen LogP contribution >= 0.6 is 0 Å². The zero-order valence-corrected chi connectivity index (χ0v) is 15.7. The van der Waals surface area contributed by atoms with Gasteiger partial charge < -0.3 is 9.72 Å². The molecule has 1 N–H and O–H groups in total. The molecule has 0 spiro atoms. The normalized spacial score (nSPS) is 23.6. The van der Waals surface area contributed by atoms with Crippen LogP contribution in [0.2, 0.25) is 0 Å². The van der Waals surface area contributed by atoms with Crippen molar-refractivity contribution in [1.82, 2.24) is 14.6 Å². The predicted molar refractivity (Wildman–Crippen MR) is 106 cm³/mol. The number of ether oxygens (including phenoxy) is 1. The molecular formula is C21H22N4O2. The van der Waals surface area contributed by atoms with Crippen molar-refractivity contribution in [2.24, 2.45) is 22.4 Å². The molecule has 2 bridgehead atoms. The first kappa shape index (κ1) is 16.3. The molecule has 27 heavy (non-hydrogen) atoms. The maximum absolute atomic E-state index is 12.9. The highest BCUT2D eigenvalue weighted by Gasteiger charge is 2.50. The van der Waals surface area contributed by atoms with E-state index in [4.69, 9.17) is 4.74 Å². The van der Waals surface area contributed by atoms with Crippen LogP contribution in [-0.4, -0.2) is 28.0 Å². The minimum atomic E-state index is -0.200. The fourth-order valence-electron chi connectivity index (χ4n) is 4.61. The standard InChI is InChI=1S/C21H22N4O2/c1-21(2)13-5-4-12(16(21)8-13)10-23-25-11-22-18-15-9-14(27-3)6-7-17(15)24-19(18)20(25)26/h4,6-7,9-11,13,16,24H,5,8H2,1-3H3. The number of hydrogen-bond acceptors (Lipinski definition) is 4. The van der Waals surface area contributed by atoms with E-state index in [0.29, 0.717) is 22.4 Å². The maximum atomic E-state index is 12.9. The van der Waals surface area contributed by atoms with Gasteiger partial charge in [-0.05, 0) is 53.9 Å². The third-order valence-electron chi connectivity index (χ3n) is 6.54. The van der Waals surface area contributed by atoms with Gasteiger partial charge in [0, 0.05) is 10.9 Å². The van der Waals surface area contributed by atoms with Gasteiger partial charge in [-0.2, -0.15) is 9.78 Å². The molecule has 3 aromatic rings. The highest BCUT2D eigenvalue weighted by molar-refractivity contribution is 6.04. The fraction of sp³-hybridized carbons (Fsp3) is 0.381. The van der Waals surface area contributed by atoms with Gasteiger partial charge in [0.15, 0.2) is 0 Å². The molecule has 6 rings (SSSR count). The van der Waals surface area contributed by atoms with Crippen molar-refractivity contribution in [2.75, 3.05) is 7.11 Å². The Balaban J connectivity index is 1.55. The van der Waals surface area contributed by atoms with Crippen molar-refractivity contribution in [3.05, 3.63) is 46.5 Å². The Morgan fingerprint density at radius 2 is 2.26 bits per heavy atom. The molecule has 3 aliphatic carbocycles. The minimum Gasteiger partial charge on any atom is -0.497 e. The molecule has 6 nitrogen and oxygen atoms in total. The Hall–Kier alpha value is -2.89. The van der Waals surface area contributed by atoms with Gasteiger partial charge in [-0.25, -0.2) is 4.98 Å². The van der Waals surface area contributed by atoms with E-state index in [1.807, 2.05) is 24.4 Å². The Morgan fingerprint density at radius 3 is 3.00 bits per heavy atom. The minimum absolute atomic E-state index is 0.200. The maximum Gasteiger partial charge on any atom is 0.298 e. The van der Waals surface area contributed by atoms with Crippen molar-refractivity contribution in [3.63, 3.8) is 0 Å². The largest absolute Gasteiger partial charge is 0.497 e. The van der Waals surface area contributed by atoms with Crippen LogP contribution in [0.15, 0.2) is 46.1 Å². The lowest BCUT2D eigenvalue weighted by atomic mass is 9.49. The summed E-state index contributed by atoms with van der Waals surface area (Å²) in [4.78, 5) is 20.5. The van der Waals surface area contributed by atoms with E-state index in [1.165, 1.54) is 23.0 Å². The summed E-state index contributed by atoms with van der Waals surface area (Å²) in [5.74, 6) is 2.05. The molecule has 2 heterocycles. The molecule has 1 saturated carbocycles. The van der Waals surface area contributed by atoms with Gasteiger partial charge in [0.25, 0.3) is 5.56 Å². The molecule has 2 aromatic heterocycles. The predicted octanol–water partition coefficient (Wildman–Crippen LogP) is 3.71. The topological polar surface area (TPSA) is 72.3 Å². The Kier molecular flexibility index (Phi) is 3.35. The second-order valence-electron chi connectivity index (χ2n) is 8.15. The lowest BCUT2D eigenvalue weighted by Crippen LogP contribution is -2.48. The average molecular weight is 362 g/mol. The third kappa shape index (κ3) is 2.29. The van der Waals surface area contributed by atoms with E-state index in [1.54, 1.807) is 7.11 Å². The number of methoxy groups -OCH3 is 1. The van der Waals surface area contributed by atoms with Crippen molar-refractivity contribution in [2.45, 2.75) is 26.7 Å².